The highest BCUT2D eigenvalue weighted by molar-refractivity contribution is 7.91. The quantitative estimate of drug-likeness (QED) is 0.758. The lowest BCUT2D eigenvalue weighted by Gasteiger charge is -2.27. The van der Waals surface area contributed by atoms with Crippen LogP contribution in [0.15, 0.2) is 0 Å². The lowest BCUT2D eigenvalue weighted by molar-refractivity contribution is -0.0204. The highest BCUT2D eigenvalue weighted by Crippen LogP contribution is 2.30. The maximum Gasteiger partial charge on any atom is 0.317 e. The van der Waals surface area contributed by atoms with Crippen molar-refractivity contribution in [2.24, 2.45) is 5.92 Å². The number of nitrogens with zero attached hydrogens (tertiary/aromatic N) is 2. The molecule has 0 aromatic rings. The summed E-state index contributed by atoms with van der Waals surface area (Å²) in [5, 5.41) is 2.78. The molecule has 0 aromatic heterocycles. The lowest BCUT2D eigenvalue weighted by Crippen LogP contribution is -2.44. The summed E-state index contributed by atoms with van der Waals surface area (Å²) >= 11 is 0. The Morgan fingerprint density at radius 1 is 1.25 bits per heavy atom. The van der Waals surface area contributed by atoms with Crippen molar-refractivity contribution >= 4 is 15.9 Å². The molecule has 2 fully saturated rings. The Morgan fingerprint density at radius 3 is 2.58 bits per heavy atom. The first kappa shape index (κ1) is 19.4. The van der Waals surface area contributed by atoms with Gasteiger partial charge in [0.25, 0.3) is 0 Å². The van der Waals surface area contributed by atoms with E-state index in [-0.39, 0.29) is 42.8 Å². The number of hydrogen-bond donors (Lipinski definition) is 1. The molecule has 2 aliphatic rings. The fourth-order valence-electron chi connectivity index (χ4n) is 3.21. The second kappa shape index (κ2) is 7.95. The van der Waals surface area contributed by atoms with E-state index in [1.165, 1.54) is 4.90 Å². The smallest absolute Gasteiger partial charge is 0.317 e. The van der Waals surface area contributed by atoms with E-state index in [4.69, 9.17) is 0 Å². The summed E-state index contributed by atoms with van der Waals surface area (Å²) in [5.41, 5.74) is 0. The summed E-state index contributed by atoms with van der Waals surface area (Å²) in [5.74, 6) is -2.52. The zero-order chi connectivity index (χ0) is 17.8. The molecular formula is C15H27F2N3O3S. The summed E-state index contributed by atoms with van der Waals surface area (Å²) in [4.78, 5) is 15.7. The van der Waals surface area contributed by atoms with Gasteiger partial charge in [0.15, 0.2) is 9.84 Å². The molecule has 0 radical (unpaired) electrons. The third-order valence-electron chi connectivity index (χ3n) is 4.58. The van der Waals surface area contributed by atoms with Crippen molar-refractivity contribution in [3.05, 3.63) is 0 Å². The largest absolute Gasteiger partial charge is 0.338 e. The molecule has 1 unspecified atom stereocenters. The highest BCUT2D eigenvalue weighted by atomic mass is 32.2. The van der Waals surface area contributed by atoms with Gasteiger partial charge in [0, 0.05) is 45.6 Å². The first-order valence-electron chi connectivity index (χ1n) is 8.50. The van der Waals surface area contributed by atoms with Crippen molar-refractivity contribution in [1.82, 2.24) is 15.1 Å². The molecule has 2 aliphatic heterocycles. The molecule has 1 N–H and O–H groups in total. The lowest BCUT2D eigenvalue weighted by atomic mass is 10.0. The van der Waals surface area contributed by atoms with Crippen LogP contribution in [0, 0.1) is 5.92 Å². The van der Waals surface area contributed by atoms with Crippen LogP contribution < -0.4 is 5.32 Å². The minimum Gasteiger partial charge on any atom is -0.338 e. The van der Waals surface area contributed by atoms with Crippen LogP contribution in [-0.4, -0.2) is 80.9 Å². The molecule has 0 bridgehead atoms. The minimum absolute atomic E-state index is 0.0765. The molecule has 2 heterocycles. The third-order valence-corrected chi connectivity index (χ3v) is 6.19. The van der Waals surface area contributed by atoms with Crippen molar-refractivity contribution in [2.45, 2.75) is 32.1 Å². The summed E-state index contributed by atoms with van der Waals surface area (Å²) in [6, 6.07) is -0.291. The maximum absolute atomic E-state index is 13.5. The number of sulfone groups is 1. The second-order valence-corrected chi connectivity index (χ2v) is 9.24. The number of halogens is 2. The van der Waals surface area contributed by atoms with Gasteiger partial charge in [0.05, 0.1) is 11.5 Å². The van der Waals surface area contributed by atoms with E-state index in [0.29, 0.717) is 32.6 Å². The number of amides is 2. The van der Waals surface area contributed by atoms with Crippen LogP contribution in [-0.2, 0) is 9.84 Å². The van der Waals surface area contributed by atoms with Gasteiger partial charge in [0.1, 0.15) is 0 Å². The molecule has 1 atom stereocenters. The number of nitrogens with one attached hydrogen (secondary N) is 1. The van der Waals surface area contributed by atoms with E-state index >= 15 is 0 Å². The van der Waals surface area contributed by atoms with Gasteiger partial charge in [-0.2, -0.15) is 0 Å². The van der Waals surface area contributed by atoms with Crippen LogP contribution in [0.4, 0.5) is 13.6 Å². The van der Waals surface area contributed by atoms with Crippen LogP contribution in [0.1, 0.15) is 26.2 Å². The van der Waals surface area contributed by atoms with Crippen molar-refractivity contribution in [1.29, 1.82) is 0 Å². The summed E-state index contributed by atoms with van der Waals surface area (Å²) in [6.07, 6.45) is 0.257. The Morgan fingerprint density at radius 2 is 1.92 bits per heavy atom. The van der Waals surface area contributed by atoms with Crippen LogP contribution >= 0.6 is 0 Å². The van der Waals surface area contributed by atoms with Crippen LogP contribution in [0.25, 0.3) is 0 Å². The number of urea groups is 1. The predicted molar refractivity (Wildman–Crippen MR) is 88.0 cm³/mol. The SMILES string of the molecule is CC1CN(C(=O)NCCCN2CCS(=O)(=O)CC2)CCC(F)(F)C1. The van der Waals surface area contributed by atoms with Gasteiger partial charge in [-0.25, -0.2) is 22.0 Å². The molecular weight excluding hydrogens is 340 g/mol. The van der Waals surface area contributed by atoms with Crippen LogP contribution in [0.5, 0.6) is 0 Å². The molecule has 0 saturated carbocycles. The summed E-state index contributed by atoms with van der Waals surface area (Å²) in [6.45, 7) is 4.43. The number of alkyl halides is 2. The van der Waals surface area contributed by atoms with Crippen LogP contribution in [0.2, 0.25) is 0 Å². The Labute approximate surface area is 142 Å². The molecule has 140 valence electrons. The zero-order valence-corrected chi connectivity index (χ0v) is 15.0. The Balaban J connectivity index is 1.66. The van der Waals surface area contributed by atoms with Gasteiger partial charge < -0.3 is 15.1 Å². The number of carbonyl (C=O) groups is 1. The van der Waals surface area contributed by atoms with Gasteiger partial charge in [-0.05, 0) is 18.9 Å². The van der Waals surface area contributed by atoms with E-state index < -0.39 is 15.8 Å². The highest BCUT2D eigenvalue weighted by Gasteiger charge is 2.36. The van der Waals surface area contributed by atoms with Crippen LogP contribution in [0.3, 0.4) is 0 Å². The van der Waals surface area contributed by atoms with E-state index in [1.807, 2.05) is 0 Å². The minimum atomic E-state index is -2.87. The van der Waals surface area contributed by atoms with E-state index in [2.05, 4.69) is 10.2 Å². The number of carbonyl (C=O) groups excluding carboxylic acids is 1. The topological polar surface area (TPSA) is 69.7 Å². The monoisotopic (exact) mass is 367 g/mol. The Bertz CT molecular complexity index is 528. The fourth-order valence-corrected chi connectivity index (χ4v) is 4.49. The Kier molecular flexibility index (Phi) is 6.41. The third kappa shape index (κ3) is 6.16. The first-order chi connectivity index (χ1) is 11.2. The molecule has 9 heteroatoms. The van der Waals surface area contributed by atoms with Crippen molar-refractivity contribution in [3.63, 3.8) is 0 Å². The van der Waals surface area contributed by atoms with E-state index in [0.717, 1.165) is 6.54 Å². The molecule has 0 aromatic carbocycles. The number of likely N-dealkylation sites (tertiary alicyclic amines) is 1. The average molecular weight is 367 g/mol. The maximum atomic E-state index is 13.5. The van der Waals surface area contributed by atoms with Gasteiger partial charge in [0.2, 0.25) is 5.92 Å². The summed E-state index contributed by atoms with van der Waals surface area (Å²) < 4.78 is 49.7. The van der Waals surface area contributed by atoms with E-state index in [9.17, 15) is 22.0 Å². The first-order valence-corrected chi connectivity index (χ1v) is 10.3. The van der Waals surface area contributed by atoms with Crippen molar-refractivity contribution < 1.29 is 22.0 Å². The van der Waals surface area contributed by atoms with Gasteiger partial charge in [-0.3, -0.25) is 0 Å². The average Bonchev–Trinajstić information content (AvgIpc) is 2.62. The summed E-state index contributed by atoms with van der Waals surface area (Å²) in [7, 11) is -2.87. The van der Waals surface area contributed by atoms with E-state index in [1.54, 1.807) is 6.92 Å². The van der Waals surface area contributed by atoms with Gasteiger partial charge >= 0.3 is 6.03 Å². The molecule has 6 nitrogen and oxygen atoms in total. The van der Waals surface area contributed by atoms with Crippen molar-refractivity contribution in [2.75, 3.05) is 50.8 Å². The van der Waals surface area contributed by atoms with Crippen molar-refractivity contribution in [3.8, 4) is 0 Å². The fraction of sp³-hybridized carbons (Fsp3) is 0.933. The van der Waals surface area contributed by atoms with Gasteiger partial charge in [-0.15, -0.1) is 0 Å². The zero-order valence-electron chi connectivity index (χ0n) is 14.1. The molecule has 2 rings (SSSR count). The predicted octanol–water partition coefficient (Wildman–Crippen LogP) is 1.18. The normalized spacial score (nSPS) is 27.5. The molecule has 2 saturated heterocycles. The molecule has 0 spiro atoms. The Hall–Kier alpha value is -0.960. The molecule has 24 heavy (non-hydrogen) atoms. The molecule has 2 amide bonds. The van der Waals surface area contributed by atoms with Gasteiger partial charge in [-0.1, -0.05) is 6.92 Å². The number of rotatable bonds is 4. The second-order valence-electron chi connectivity index (χ2n) is 6.94. The number of hydrogen-bond acceptors (Lipinski definition) is 4. The standard InChI is InChI=1S/C15H27F2N3O3S/c1-13-11-15(16,17)3-6-20(12-13)14(21)18-4-2-5-19-7-9-24(22,23)10-8-19/h13H,2-12H2,1H3,(H,18,21). The molecule has 0 aliphatic carbocycles.